The van der Waals surface area contributed by atoms with Crippen LogP contribution in [0.15, 0.2) is 47.4 Å². The highest BCUT2D eigenvalue weighted by molar-refractivity contribution is 7.92. The van der Waals surface area contributed by atoms with Crippen molar-refractivity contribution in [2.24, 2.45) is 0 Å². The van der Waals surface area contributed by atoms with Gasteiger partial charge < -0.3 is 14.2 Å². The van der Waals surface area contributed by atoms with E-state index in [2.05, 4.69) is 4.74 Å². The van der Waals surface area contributed by atoms with Gasteiger partial charge in [-0.25, -0.2) is 8.42 Å². The maximum atomic E-state index is 13.1. The molecule has 0 atom stereocenters. The second-order valence-electron chi connectivity index (χ2n) is 5.38. The van der Waals surface area contributed by atoms with Crippen molar-refractivity contribution >= 4 is 27.4 Å². The van der Waals surface area contributed by atoms with Gasteiger partial charge in [-0.05, 0) is 24.3 Å². The van der Waals surface area contributed by atoms with Crippen LogP contribution in [0.4, 0.5) is 11.4 Å². The van der Waals surface area contributed by atoms with Crippen molar-refractivity contribution in [3.8, 4) is 11.5 Å². The lowest BCUT2D eigenvalue weighted by Gasteiger charge is -2.24. The summed E-state index contributed by atoms with van der Waals surface area (Å²) in [5.41, 5.74) is -0.133. The Morgan fingerprint density at radius 1 is 1.04 bits per heavy atom. The highest BCUT2D eigenvalue weighted by Gasteiger charge is 2.29. The highest BCUT2D eigenvalue weighted by atomic mass is 32.2. The summed E-state index contributed by atoms with van der Waals surface area (Å²) in [5.74, 6) is -0.161. The summed E-state index contributed by atoms with van der Waals surface area (Å²) < 4.78 is 41.9. The Morgan fingerprint density at radius 2 is 1.64 bits per heavy atom. The average Bonchev–Trinajstić information content (AvgIpc) is 2.71. The van der Waals surface area contributed by atoms with Crippen LogP contribution in [0.5, 0.6) is 11.5 Å². The molecule has 0 aliphatic heterocycles. The number of carbonyl (C=O) groups excluding carboxylic acids is 1. The molecule has 2 rings (SSSR count). The second-order valence-corrected chi connectivity index (χ2v) is 7.24. The zero-order valence-electron chi connectivity index (χ0n) is 15.3. The number of hydrogen-bond donors (Lipinski definition) is 0. The van der Waals surface area contributed by atoms with Crippen molar-refractivity contribution < 1.29 is 32.3 Å². The van der Waals surface area contributed by atoms with Crippen LogP contribution in [0.2, 0.25) is 0 Å². The molecule has 0 saturated heterocycles. The van der Waals surface area contributed by atoms with E-state index in [4.69, 9.17) is 9.47 Å². The van der Waals surface area contributed by atoms with Gasteiger partial charge in [0.05, 0.1) is 36.8 Å². The molecule has 0 N–H and O–H groups in total. The summed E-state index contributed by atoms with van der Waals surface area (Å²) >= 11 is 0. The van der Waals surface area contributed by atoms with Crippen LogP contribution >= 0.6 is 0 Å². The van der Waals surface area contributed by atoms with Gasteiger partial charge in [0, 0.05) is 18.2 Å². The first-order chi connectivity index (χ1) is 13.2. The topological polar surface area (TPSA) is 125 Å². The van der Waals surface area contributed by atoms with Crippen molar-refractivity contribution in [1.82, 2.24) is 0 Å². The van der Waals surface area contributed by atoms with Crippen LogP contribution < -0.4 is 13.8 Å². The monoisotopic (exact) mass is 410 g/mol. The predicted octanol–water partition coefficient (Wildman–Crippen LogP) is 1.98. The van der Waals surface area contributed by atoms with Crippen molar-refractivity contribution in [1.29, 1.82) is 0 Å². The highest BCUT2D eigenvalue weighted by Crippen LogP contribution is 2.34. The minimum Gasteiger partial charge on any atom is -0.493 e. The predicted molar refractivity (Wildman–Crippen MR) is 99.2 cm³/mol. The number of non-ortho nitro benzene ring substituents is 1. The Hall–Kier alpha value is -3.34. The Bertz CT molecular complexity index is 973. The first kappa shape index (κ1) is 21.0. The summed E-state index contributed by atoms with van der Waals surface area (Å²) in [7, 11) is -0.286. The number of carbonyl (C=O) groups is 1. The summed E-state index contributed by atoms with van der Waals surface area (Å²) in [6.45, 7) is -0.606. The molecule has 0 amide bonds. The molecule has 0 saturated carbocycles. The van der Waals surface area contributed by atoms with Crippen LogP contribution in [0.25, 0.3) is 0 Å². The summed E-state index contributed by atoms with van der Waals surface area (Å²) in [5, 5.41) is 10.8. The van der Waals surface area contributed by atoms with Crippen molar-refractivity contribution in [3.63, 3.8) is 0 Å². The molecular weight excluding hydrogens is 392 g/mol. The number of anilines is 1. The van der Waals surface area contributed by atoms with Gasteiger partial charge >= 0.3 is 5.97 Å². The minimum atomic E-state index is -4.23. The summed E-state index contributed by atoms with van der Waals surface area (Å²) in [4.78, 5) is 21.7. The molecule has 0 fully saturated rings. The summed E-state index contributed by atoms with van der Waals surface area (Å²) in [6, 6.07) is 8.65. The number of sulfonamides is 1. The molecule has 28 heavy (non-hydrogen) atoms. The standard InChI is InChI=1S/C17H18N2O8S/c1-25-15-9-6-13(10-16(15)26-2)18(11-17(20)27-3)28(23,24)14-7-4-12(5-8-14)19(21)22/h4-10H,11H2,1-3H3. The number of ether oxygens (including phenoxy) is 3. The van der Waals surface area contributed by atoms with E-state index >= 15 is 0 Å². The molecule has 0 spiro atoms. The molecule has 150 valence electrons. The molecule has 0 radical (unpaired) electrons. The van der Waals surface area contributed by atoms with E-state index in [9.17, 15) is 23.3 Å². The number of rotatable bonds is 8. The number of nitrogens with zero attached hydrogens (tertiary/aromatic N) is 2. The molecule has 2 aromatic rings. The Balaban J connectivity index is 2.55. The lowest BCUT2D eigenvalue weighted by atomic mass is 10.2. The van der Waals surface area contributed by atoms with E-state index in [1.165, 1.54) is 32.4 Å². The zero-order valence-corrected chi connectivity index (χ0v) is 16.1. The molecule has 0 unspecified atom stereocenters. The number of hydrogen-bond acceptors (Lipinski definition) is 8. The van der Waals surface area contributed by atoms with Gasteiger partial charge in [0.1, 0.15) is 6.54 Å². The fraction of sp³-hybridized carbons (Fsp3) is 0.235. The van der Waals surface area contributed by atoms with E-state index in [0.717, 1.165) is 35.7 Å². The average molecular weight is 410 g/mol. The molecule has 0 bridgehead atoms. The quantitative estimate of drug-likeness (QED) is 0.367. The molecular formula is C17H18N2O8S. The molecule has 10 nitrogen and oxygen atoms in total. The smallest absolute Gasteiger partial charge is 0.326 e. The Labute approximate surface area is 161 Å². The number of methoxy groups -OCH3 is 3. The molecule has 0 aliphatic carbocycles. The van der Waals surface area contributed by atoms with Crippen LogP contribution in [-0.2, 0) is 19.6 Å². The first-order valence-corrected chi connectivity index (χ1v) is 9.24. The SMILES string of the molecule is COC(=O)CN(c1ccc(OC)c(OC)c1)S(=O)(=O)c1ccc([N+](=O)[O-])cc1. The van der Waals surface area contributed by atoms with Gasteiger partial charge in [0.25, 0.3) is 15.7 Å². The van der Waals surface area contributed by atoms with E-state index < -0.39 is 27.5 Å². The lowest BCUT2D eigenvalue weighted by Crippen LogP contribution is -2.36. The van der Waals surface area contributed by atoms with Gasteiger partial charge in [-0.3, -0.25) is 19.2 Å². The third kappa shape index (κ3) is 4.31. The molecule has 0 aliphatic rings. The van der Waals surface area contributed by atoms with E-state index in [-0.39, 0.29) is 22.0 Å². The number of nitro benzene ring substituents is 1. The van der Waals surface area contributed by atoms with Crippen molar-refractivity contribution in [3.05, 3.63) is 52.6 Å². The first-order valence-electron chi connectivity index (χ1n) is 7.80. The van der Waals surface area contributed by atoms with Gasteiger partial charge in [-0.2, -0.15) is 0 Å². The maximum absolute atomic E-state index is 13.1. The molecule has 0 aromatic heterocycles. The molecule has 11 heteroatoms. The number of benzene rings is 2. The normalized spacial score (nSPS) is 10.8. The van der Waals surface area contributed by atoms with E-state index in [1.807, 2.05) is 0 Å². The fourth-order valence-electron chi connectivity index (χ4n) is 2.34. The van der Waals surface area contributed by atoms with E-state index in [0.29, 0.717) is 5.75 Å². The Morgan fingerprint density at radius 3 is 2.14 bits per heavy atom. The number of esters is 1. The maximum Gasteiger partial charge on any atom is 0.326 e. The Kier molecular flexibility index (Phi) is 6.41. The number of nitro groups is 1. The third-order valence-corrected chi connectivity index (χ3v) is 5.58. The largest absolute Gasteiger partial charge is 0.493 e. The van der Waals surface area contributed by atoms with Crippen LogP contribution in [0, 0.1) is 10.1 Å². The van der Waals surface area contributed by atoms with Gasteiger partial charge in [0.15, 0.2) is 11.5 Å². The fourth-order valence-corrected chi connectivity index (χ4v) is 3.74. The molecule has 0 heterocycles. The van der Waals surface area contributed by atoms with Gasteiger partial charge in [0.2, 0.25) is 0 Å². The molecule has 2 aromatic carbocycles. The summed E-state index contributed by atoms with van der Waals surface area (Å²) in [6.07, 6.45) is 0. The van der Waals surface area contributed by atoms with Crippen molar-refractivity contribution in [2.45, 2.75) is 4.90 Å². The zero-order chi connectivity index (χ0) is 20.9. The van der Waals surface area contributed by atoms with Crippen molar-refractivity contribution in [2.75, 3.05) is 32.2 Å². The minimum absolute atomic E-state index is 0.126. The van der Waals surface area contributed by atoms with E-state index in [1.54, 1.807) is 0 Å². The lowest BCUT2D eigenvalue weighted by molar-refractivity contribution is -0.384. The van der Waals surface area contributed by atoms with Crippen LogP contribution in [-0.4, -0.2) is 47.2 Å². The third-order valence-electron chi connectivity index (χ3n) is 3.79. The van der Waals surface area contributed by atoms with Crippen LogP contribution in [0.1, 0.15) is 0 Å². The van der Waals surface area contributed by atoms with Gasteiger partial charge in [-0.1, -0.05) is 0 Å². The van der Waals surface area contributed by atoms with Crippen LogP contribution in [0.3, 0.4) is 0 Å². The second kappa shape index (κ2) is 8.57. The van der Waals surface area contributed by atoms with Gasteiger partial charge in [-0.15, -0.1) is 0 Å².